The highest BCUT2D eigenvalue weighted by Crippen LogP contribution is 2.60. The molecule has 0 aliphatic rings. The number of alkyl halides is 12. The van der Waals surface area contributed by atoms with Crippen LogP contribution in [-0.4, -0.2) is 48.1 Å². The van der Waals surface area contributed by atoms with E-state index < -0.39 is 61.0 Å². The number of hydrogen-bond donors (Lipinski definition) is 0. The fraction of sp³-hybridized carbons (Fsp3) is 0.950. The molecule has 0 saturated carbocycles. The van der Waals surface area contributed by atoms with E-state index in [0.29, 0.717) is 12.8 Å². The van der Waals surface area contributed by atoms with Crippen molar-refractivity contribution in [2.24, 2.45) is 0 Å². The van der Waals surface area contributed by atoms with Crippen LogP contribution in [0.4, 0.5) is 52.7 Å². The molecule has 0 N–H and O–H groups in total. The third-order valence-electron chi connectivity index (χ3n) is 5.12. The van der Waals surface area contributed by atoms with Crippen LogP contribution in [-0.2, 0) is 9.53 Å². The second-order valence-electron chi connectivity index (χ2n) is 7.94. The largest absolute Gasteiger partial charge is 0.461 e. The van der Waals surface area contributed by atoms with Gasteiger partial charge in [-0.1, -0.05) is 58.8 Å². The molecule has 0 unspecified atom stereocenters. The quantitative estimate of drug-likeness (QED) is 0.108. The number of carbonyl (C=O) groups is 1. The van der Waals surface area contributed by atoms with Gasteiger partial charge in [0.1, 0.15) is 0 Å². The zero-order chi connectivity index (χ0) is 27.1. The minimum absolute atomic E-state index is 0.124. The first-order chi connectivity index (χ1) is 15.3. The first-order valence-corrected chi connectivity index (χ1v) is 10.7. The normalized spacial score (nSPS) is 14.4. The van der Waals surface area contributed by atoms with Crippen LogP contribution >= 0.6 is 0 Å². The van der Waals surface area contributed by atoms with Crippen LogP contribution in [0.5, 0.6) is 0 Å². The van der Waals surface area contributed by atoms with Gasteiger partial charge in [-0.3, -0.25) is 0 Å². The Morgan fingerprint density at radius 2 is 0.971 bits per heavy atom. The minimum atomic E-state index is -7.76. The summed E-state index contributed by atoms with van der Waals surface area (Å²) in [4.78, 5) is 11.3. The maximum absolute atomic E-state index is 13.8. The van der Waals surface area contributed by atoms with Crippen molar-refractivity contribution in [1.29, 1.82) is 0 Å². The van der Waals surface area contributed by atoms with Gasteiger partial charge in [-0.25, -0.2) is 4.79 Å². The average molecular weight is 528 g/mol. The fourth-order valence-electron chi connectivity index (χ4n) is 2.84. The van der Waals surface area contributed by atoms with Crippen LogP contribution < -0.4 is 0 Å². The van der Waals surface area contributed by atoms with Gasteiger partial charge in [-0.05, 0) is 12.8 Å². The fourth-order valence-corrected chi connectivity index (χ4v) is 2.84. The number of hydrogen-bond acceptors (Lipinski definition) is 2. The Kier molecular flexibility index (Phi) is 11.6. The summed E-state index contributed by atoms with van der Waals surface area (Å²) in [7, 11) is 0. The number of halogens is 12. The van der Waals surface area contributed by atoms with Gasteiger partial charge in [0.05, 0.1) is 6.61 Å². The molecule has 0 aliphatic carbocycles. The smallest absolute Gasteiger partial charge is 0.410 e. The van der Waals surface area contributed by atoms with E-state index in [4.69, 9.17) is 0 Å². The van der Waals surface area contributed by atoms with Crippen LogP contribution in [0.2, 0.25) is 0 Å². The summed E-state index contributed by atoms with van der Waals surface area (Å²) >= 11 is 0. The summed E-state index contributed by atoms with van der Waals surface area (Å²) in [6, 6.07) is 0. The lowest BCUT2D eigenvalue weighted by Gasteiger charge is -2.40. The SMILES string of the molecule is CCCCCCCCOC(=O)C(F)(F)C(F)(F)C(F)(F)C(F)(F)C(F)(F)C(F)(F)CCCCC. The van der Waals surface area contributed by atoms with Gasteiger partial charge in [-0.15, -0.1) is 0 Å². The Bertz CT molecular complexity index is 635. The van der Waals surface area contributed by atoms with E-state index in [1.165, 1.54) is 6.92 Å². The Morgan fingerprint density at radius 1 is 0.559 bits per heavy atom. The predicted octanol–water partition coefficient (Wildman–Crippen LogP) is 8.28. The molecule has 0 heterocycles. The van der Waals surface area contributed by atoms with Crippen molar-refractivity contribution < 1.29 is 62.2 Å². The number of ether oxygens (including phenoxy) is 1. The van der Waals surface area contributed by atoms with E-state index >= 15 is 0 Å². The lowest BCUT2D eigenvalue weighted by molar-refractivity contribution is -0.421. The second kappa shape index (κ2) is 12.0. The van der Waals surface area contributed by atoms with Gasteiger partial charge in [0.15, 0.2) is 0 Å². The minimum Gasteiger partial charge on any atom is -0.461 e. The third-order valence-corrected chi connectivity index (χ3v) is 5.12. The molecule has 0 aromatic rings. The molecule has 0 spiro atoms. The zero-order valence-corrected chi connectivity index (χ0v) is 18.6. The molecular weight excluding hydrogens is 500 g/mol. The summed E-state index contributed by atoms with van der Waals surface area (Å²) in [5.41, 5.74) is 0. The van der Waals surface area contributed by atoms with E-state index in [1.807, 2.05) is 6.92 Å². The van der Waals surface area contributed by atoms with Crippen molar-refractivity contribution in [2.45, 2.75) is 114 Å². The molecule has 0 fully saturated rings. The average Bonchev–Trinajstić information content (AvgIpc) is 2.72. The Labute approximate surface area is 189 Å². The Balaban J connectivity index is 5.64. The van der Waals surface area contributed by atoms with E-state index in [2.05, 4.69) is 4.74 Å². The zero-order valence-electron chi connectivity index (χ0n) is 18.6. The van der Waals surface area contributed by atoms with E-state index in [1.54, 1.807) is 0 Å². The van der Waals surface area contributed by atoms with Crippen LogP contribution in [0.3, 0.4) is 0 Å². The summed E-state index contributed by atoms with van der Waals surface area (Å²) < 4.78 is 169. The second-order valence-corrected chi connectivity index (χ2v) is 7.94. The van der Waals surface area contributed by atoms with Gasteiger partial charge in [0.25, 0.3) is 0 Å². The highest BCUT2D eigenvalue weighted by Gasteiger charge is 2.91. The van der Waals surface area contributed by atoms with Crippen LogP contribution in [0, 0.1) is 0 Å². The molecule has 14 heteroatoms. The Morgan fingerprint density at radius 3 is 1.47 bits per heavy atom. The van der Waals surface area contributed by atoms with Crippen molar-refractivity contribution >= 4 is 5.97 Å². The molecule has 0 aromatic carbocycles. The molecule has 0 aliphatic heterocycles. The molecule has 0 rings (SSSR count). The summed E-state index contributed by atoms with van der Waals surface area (Å²) in [6.45, 7) is 2.31. The summed E-state index contributed by atoms with van der Waals surface area (Å²) in [5, 5.41) is 0. The van der Waals surface area contributed by atoms with Gasteiger partial charge in [0.2, 0.25) is 0 Å². The third kappa shape index (κ3) is 6.44. The monoisotopic (exact) mass is 528 g/mol. The first-order valence-electron chi connectivity index (χ1n) is 10.7. The Hall–Kier alpha value is -1.37. The summed E-state index contributed by atoms with van der Waals surface area (Å²) in [5.74, 6) is -46.1. The van der Waals surface area contributed by atoms with Gasteiger partial charge >= 0.3 is 41.5 Å². The molecule has 0 radical (unpaired) electrons. The molecular formula is C20H28F12O2. The van der Waals surface area contributed by atoms with E-state index in [-0.39, 0.29) is 25.7 Å². The molecule has 2 nitrogen and oxygen atoms in total. The van der Waals surface area contributed by atoms with Crippen molar-refractivity contribution in [3.05, 3.63) is 0 Å². The van der Waals surface area contributed by atoms with Crippen molar-refractivity contribution in [2.75, 3.05) is 6.61 Å². The number of carbonyl (C=O) groups excluding carboxylic acids is 1. The van der Waals surface area contributed by atoms with Crippen LogP contribution in [0.15, 0.2) is 0 Å². The standard InChI is InChI=1S/C20H28F12O2/c1-3-5-7-8-9-11-13-34-14(33)16(23,24)18(27,28)20(31,32)19(29,30)17(25,26)15(21,22)12-10-6-4-2/h3-13H2,1-2H3. The topological polar surface area (TPSA) is 26.3 Å². The molecule has 0 amide bonds. The molecule has 0 aromatic heterocycles. The molecule has 0 atom stereocenters. The van der Waals surface area contributed by atoms with E-state index in [0.717, 1.165) is 12.8 Å². The number of esters is 1. The number of unbranched alkanes of at least 4 members (excludes halogenated alkanes) is 7. The van der Waals surface area contributed by atoms with Gasteiger partial charge in [0, 0.05) is 6.42 Å². The first kappa shape index (κ1) is 32.6. The van der Waals surface area contributed by atoms with Gasteiger partial charge in [-0.2, -0.15) is 52.7 Å². The predicted molar refractivity (Wildman–Crippen MR) is 98.2 cm³/mol. The lowest BCUT2D eigenvalue weighted by atomic mass is 9.89. The highest BCUT2D eigenvalue weighted by atomic mass is 19.4. The molecule has 204 valence electrons. The van der Waals surface area contributed by atoms with Crippen LogP contribution in [0.25, 0.3) is 0 Å². The number of rotatable bonds is 17. The molecule has 34 heavy (non-hydrogen) atoms. The highest BCUT2D eigenvalue weighted by molar-refractivity contribution is 5.79. The van der Waals surface area contributed by atoms with Crippen LogP contribution in [0.1, 0.15) is 78.1 Å². The molecule has 0 saturated heterocycles. The molecule has 0 bridgehead atoms. The van der Waals surface area contributed by atoms with Crippen molar-refractivity contribution in [1.82, 2.24) is 0 Å². The van der Waals surface area contributed by atoms with Crippen molar-refractivity contribution in [3.63, 3.8) is 0 Å². The lowest BCUT2D eigenvalue weighted by Crippen LogP contribution is -2.71. The van der Waals surface area contributed by atoms with Crippen molar-refractivity contribution in [3.8, 4) is 0 Å². The maximum Gasteiger partial charge on any atom is 0.410 e. The maximum atomic E-state index is 13.8. The van der Waals surface area contributed by atoms with E-state index in [9.17, 15) is 57.5 Å². The summed E-state index contributed by atoms with van der Waals surface area (Å²) in [6.07, 6.45) is -0.0460. The van der Waals surface area contributed by atoms with Gasteiger partial charge < -0.3 is 4.74 Å².